The Morgan fingerprint density at radius 1 is 1.26 bits per heavy atom. The second kappa shape index (κ2) is 10.6. The van der Waals surface area contributed by atoms with Crippen molar-refractivity contribution < 1.29 is 9.90 Å². The van der Waals surface area contributed by atoms with E-state index in [1.807, 2.05) is 25.1 Å². The molecule has 0 saturated carbocycles. The van der Waals surface area contributed by atoms with E-state index in [-0.39, 0.29) is 5.91 Å². The third kappa shape index (κ3) is 6.28. The van der Waals surface area contributed by atoms with Crippen LogP contribution in [0.3, 0.4) is 0 Å². The largest absolute Gasteiger partial charge is 0.369 e. The zero-order chi connectivity index (χ0) is 22.4. The number of likely N-dealkylation sites (tertiary alicyclic amines) is 1. The number of benzene rings is 1. The number of rotatable bonds is 10. The highest BCUT2D eigenvalue weighted by atomic mass is 16.3. The molecule has 0 spiro atoms. The van der Waals surface area contributed by atoms with Crippen molar-refractivity contribution in [3.63, 3.8) is 0 Å². The summed E-state index contributed by atoms with van der Waals surface area (Å²) in [5, 5.41) is 13.7. The molecule has 7 heteroatoms. The third-order valence-electron chi connectivity index (χ3n) is 6.49. The molecule has 2 unspecified atom stereocenters. The minimum Gasteiger partial charge on any atom is -0.369 e. The van der Waals surface area contributed by atoms with E-state index in [1.165, 1.54) is 5.56 Å². The molecule has 172 valence electrons. The van der Waals surface area contributed by atoms with Gasteiger partial charge in [0.15, 0.2) is 12.3 Å². The SMILES string of the molecule is CC(C)CC1(C)N=C(N)N(CCC2CCN(C(O)NCCc3ccccc3)CC2)C1=O. The Bertz CT molecular complexity index is 746. The smallest absolute Gasteiger partial charge is 0.257 e. The first-order valence-corrected chi connectivity index (χ1v) is 11.7. The summed E-state index contributed by atoms with van der Waals surface area (Å²) in [5.74, 6) is 1.32. The Morgan fingerprint density at radius 3 is 2.58 bits per heavy atom. The van der Waals surface area contributed by atoms with Crippen LogP contribution in [0.2, 0.25) is 0 Å². The molecule has 3 rings (SSSR count). The Labute approximate surface area is 186 Å². The van der Waals surface area contributed by atoms with Crippen LogP contribution >= 0.6 is 0 Å². The lowest BCUT2D eigenvalue weighted by Gasteiger charge is -2.35. The summed E-state index contributed by atoms with van der Waals surface area (Å²) in [6.45, 7) is 9.18. The molecule has 2 aliphatic heterocycles. The average molecular weight is 430 g/mol. The summed E-state index contributed by atoms with van der Waals surface area (Å²) < 4.78 is 0. The zero-order valence-electron chi connectivity index (χ0n) is 19.3. The number of hydrogen-bond donors (Lipinski definition) is 3. The Hall–Kier alpha value is -1.96. The van der Waals surface area contributed by atoms with Crippen molar-refractivity contribution in [1.29, 1.82) is 0 Å². The summed E-state index contributed by atoms with van der Waals surface area (Å²) in [7, 11) is 0. The molecule has 2 atom stereocenters. The lowest BCUT2D eigenvalue weighted by molar-refractivity contribution is -0.131. The normalized spacial score (nSPS) is 24.1. The average Bonchev–Trinajstić information content (AvgIpc) is 2.94. The van der Waals surface area contributed by atoms with Crippen molar-refractivity contribution in [1.82, 2.24) is 15.1 Å². The third-order valence-corrected chi connectivity index (χ3v) is 6.49. The first kappa shape index (κ1) is 23.7. The molecule has 1 saturated heterocycles. The van der Waals surface area contributed by atoms with Gasteiger partial charge in [-0.05, 0) is 56.4 Å². The van der Waals surface area contributed by atoms with Crippen molar-refractivity contribution >= 4 is 11.9 Å². The number of aliphatic hydroxyl groups excluding tert-OH is 1. The van der Waals surface area contributed by atoms with Crippen molar-refractivity contribution in [2.24, 2.45) is 22.6 Å². The predicted molar refractivity (Wildman–Crippen MR) is 124 cm³/mol. The van der Waals surface area contributed by atoms with Gasteiger partial charge in [-0.1, -0.05) is 44.2 Å². The van der Waals surface area contributed by atoms with E-state index in [0.29, 0.717) is 24.3 Å². The van der Waals surface area contributed by atoms with Gasteiger partial charge in [-0.25, -0.2) is 4.99 Å². The van der Waals surface area contributed by atoms with E-state index in [9.17, 15) is 9.90 Å². The number of nitrogens with two attached hydrogens (primary N) is 1. The van der Waals surface area contributed by atoms with Gasteiger partial charge in [0.05, 0.1) is 0 Å². The highest BCUT2D eigenvalue weighted by molar-refractivity contribution is 6.06. The van der Waals surface area contributed by atoms with E-state index in [0.717, 1.165) is 51.7 Å². The molecule has 2 aliphatic rings. The number of carbonyl (C=O) groups excluding carboxylic acids is 1. The number of aliphatic imine (C=N–C) groups is 1. The van der Waals surface area contributed by atoms with Gasteiger partial charge in [-0.15, -0.1) is 0 Å². The second-order valence-electron chi connectivity index (χ2n) is 9.63. The lowest BCUT2D eigenvalue weighted by Crippen LogP contribution is -2.50. The maximum atomic E-state index is 12.9. The molecule has 1 aromatic carbocycles. The molecule has 2 heterocycles. The summed E-state index contributed by atoms with van der Waals surface area (Å²) in [6, 6.07) is 10.3. The molecule has 1 amide bonds. The first-order valence-electron chi connectivity index (χ1n) is 11.7. The number of carbonyl (C=O) groups is 1. The van der Waals surface area contributed by atoms with E-state index >= 15 is 0 Å². The summed E-state index contributed by atoms with van der Waals surface area (Å²) in [6.07, 6.45) is 3.96. The standard InChI is InChI=1S/C24H39N5O2/c1-18(2)17-24(3)21(30)29(22(25)27-24)16-12-20-10-14-28(15-11-20)23(31)26-13-9-19-7-5-4-6-8-19/h4-8,18,20,23,26,31H,9-17H2,1-3H3,(H2,25,27). The molecular weight excluding hydrogens is 390 g/mol. The van der Waals surface area contributed by atoms with E-state index in [4.69, 9.17) is 5.73 Å². The molecule has 1 aromatic rings. The lowest BCUT2D eigenvalue weighted by atomic mass is 9.90. The maximum absolute atomic E-state index is 12.9. The maximum Gasteiger partial charge on any atom is 0.257 e. The fourth-order valence-corrected chi connectivity index (χ4v) is 4.82. The number of aliphatic hydroxyl groups is 1. The van der Waals surface area contributed by atoms with E-state index < -0.39 is 11.9 Å². The van der Waals surface area contributed by atoms with Crippen molar-refractivity contribution in [2.45, 2.75) is 64.8 Å². The quantitative estimate of drug-likeness (QED) is 0.496. The minimum absolute atomic E-state index is 0.0363. The van der Waals surface area contributed by atoms with Gasteiger partial charge in [0.2, 0.25) is 0 Å². The number of guanidine groups is 1. The van der Waals surface area contributed by atoms with E-state index in [1.54, 1.807) is 4.90 Å². The molecule has 31 heavy (non-hydrogen) atoms. The van der Waals surface area contributed by atoms with Gasteiger partial charge >= 0.3 is 0 Å². The molecule has 1 fully saturated rings. The highest BCUT2D eigenvalue weighted by Crippen LogP contribution is 2.29. The van der Waals surface area contributed by atoms with Crippen LogP contribution in [0.4, 0.5) is 0 Å². The van der Waals surface area contributed by atoms with Crippen LogP contribution in [0.15, 0.2) is 35.3 Å². The highest BCUT2D eigenvalue weighted by Gasteiger charge is 2.44. The number of amides is 1. The van der Waals surface area contributed by atoms with Crippen LogP contribution in [0.1, 0.15) is 52.0 Å². The fraction of sp³-hybridized carbons (Fsp3) is 0.667. The number of hydrogen-bond acceptors (Lipinski definition) is 6. The van der Waals surface area contributed by atoms with Crippen LogP contribution in [0.5, 0.6) is 0 Å². The summed E-state index contributed by atoms with van der Waals surface area (Å²) in [4.78, 5) is 21.1. The predicted octanol–water partition coefficient (Wildman–Crippen LogP) is 2.16. The molecule has 0 aliphatic carbocycles. The Kier molecular flexibility index (Phi) is 8.08. The number of piperidine rings is 1. The molecular formula is C24H39N5O2. The van der Waals surface area contributed by atoms with Gasteiger partial charge in [0.1, 0.15) is 5.54 Å². The molecule has 0 radical (unpaired) electrons. The monoisotopic (exact) mass is 429 g/mol. The van der Waals surface area contributed by atoms with Crippen LogP contribution in [0.25, 0.3) is 0 Å². The topological polar surface area (TPSA) is 94.2 Å². The number of nitrogens with zero attached hydrogens (tertiary/aromatic N) is 3. The fourth-order valence-electron chi connectivity index (χ4n) is 4.82. The zero-order valence-corrected chi connectivity index (χ0v) is 19.3. The summed E-state index contributed by atoms with van der Waals surface area (Å²) in [5.41, 5.74) is 6.65. The van der Waals surface area contributed by atoms with Gasteiger partial charge in [0.25, 0.3) is 5.91 Å². The Morgan fingerprint density at radius 2 is 1.94 bits per heavy atom. The molecule has 4 N–H and O–H groups in total. The van der Waals surface area contributed by atoms with Crippen LogP contribution < -0.4 is 11.1 Å². The van der Waals surface area contributed by atoms with Gasteiger partial charge in [-0.3, -0.25) is 19.9 Å². The molecule has 0 bridgehead atoms. The van der Waals surface area contributed by atoms with Crippen LogP contribution in [-0.4, -0.2) is 64.8 Å². The van der Waals surface area contributed by atoms with Crippen LogP contribution in [0, 0.1) is 11.8 Å². The van der Waals surface area contributed by atoms with Gasteiger partial charge in [-0.2, -0.15) is 0 Å². The van der Waals surface area contributed by atoms with Gasteiger partial charge in [0, 0.05) is 26.2 Å². The van der Waals surface area contributed by atoms with Crippen LogP contribution in [-0.2, 0) is 11.2 Å². The molecule has 7 nitrogen and oxygen atoms in total. The second-order valence-corrected chi connectivity index (χ2v) is 9.63. The Balaban J connectivity index is 1.37. The van der Waals surface area contributed by atoms with Crippen molar-refractivity contribution in [3.8, 4) is 0 Å². The van der Waals surface area contributed by atoms with Crippen molar-refractivity contribution in [2.75, 3.05) is 26.2 Å². The van der Waals surface area contributed by atoms with E-state index in [2.05, 4.69) is 41.2 Å². The van der Waals surface area contributed by atoms with Gasteiger partial charge < -0.3 is 10.8 Å². The minimum atomic E-state index is -0.711. The first-order chi connectivity index (χ1) is 14.8. The summed E-state index contributed by atoms with van der Waals surface area (Å²) >= 11 is 0. The number of nitrogens with one attached hydrogen (secondary N) is 1. The molecule has 0 aromatic heterocycles. The van der Waals surface area contributed by atoms with Crippen molar-refractivity contribution in [3.05, 3.63) is 35.9 Å².